The molecule has 3 amide bonds. The molecule has 0 spiro atoms. The summed E-state index contributed by atoms with van der Waals surface area (Å²) < 4.78 is 1.24. The van der Waals surface area contributed by atoms with Crippen molar-refractivity contribution in [3.8, 4) is 0 Å². The normalized spacial score (nSPS) is 13.7. The van der Waals surface area contributed by atoms with Crippen molar-refractivity contribution in [3.63, 3.8) is 0 Å². The van der Waals surface area contributed by atoms with Crippen molar-refractivity contribution < 1.29 is 14.4 Å². The molecule has 0 radical (unpaired) electrons. The molecular formula is C26H25N5O4S2. The third-order valence-corrected chi connectivity index (χ3v) is 8.97. The van der Waals surface area contributed by atoms with Gasteiger partial charge in [-0.3, -0.25) is 23.7 Å². The summed E-state index contributed by atoms with van der Waals surface area (Å²) >= 11 is 2.50. The maximum absolute atomic E-state index is 13.4. The van der Waals surface area contributed by atoms with Crippen LogP contribution in [-0.2, 0) is 17.6 Å². The molecule has 11 heteroatoms. The molecule has 3 heterocycles. The van der Waals surface area contributed by atoms with Crippen LogP contribution in [0.1, 0.15) is 61.8 Å². The second-order valence-electron chi connectivity index (χ2n) is 8.96. The van der Waals surface area contributed by atoms with E-state index in [1.807, 2.05) is 18.2 Å². The van der Waals surface area contributed by atoms with Gasteiger partial charge in [-0.1, -0.05) is 18.2 Å². The Morgan fingerprint density at radius 3 is 2.54 bits per heavy atom. The van der Waals surface area contributed by atoms with Gasteiger partial charge < -0.3 is 16.4 Å². The molecule has 0 saturated heterocycles. The molecule has 1 aromatic carbocycles. The Bertz CT molecular complexity index is 1600. The third-order valence-electron chi connectivity index (χ3n) is 6.56. The van der Waals surface area contributed by atoms with E-state index in [1.165, 1.54) is 22.2 Å². The summed E-state index contributed by atoms with van der Waals surface area (Å²) in [6.45, 7) is 3.29. The SMILES string of the molecule is Cc1c(C(=O)Nc2ccccc2)sc2ncn(C(C)C(=O)Nc3sc4c(c3C(N)=O)CCCC4)c(=O)c12. The zero-order valence-corrected chi connectivity index (χ0v) is 21.9. The van der Waals surface area contributed by atoms with Crippen LogP contribution in [0.2, 0.25) is 0 Å². The van der Waals surface area contributed by atoms with Gasteiger partial charge in [0.25, 0.3) is 17.4 Å². The molecule has 5 rings (SSSR count). The van der Waals surface area contributed by atoms with Crippen LogP contribution >= 0.6 is 22.7 Å². The smallest absolute Gasteiger partial charge is 0.266 e. The first-order valence-corrected chi connectivity index (χ1v) is 13.5. The number of thiophene rings is 2. The van der Waals surface area contributed by atoms with Gasteiger partial charge in [-0.05, 0) is 62.8 Å². The maximum atomic E-state index is 13.4. The van der Waals surface area contributed by atoms with Crippen molar-refractivity contribution in [2.75, 3.05) is 10.6 Å². The quantitative estimate of drug-likeness (QED) is 0.339. The molecule has 1 atom stereocenters. The van der Waals surface area contributed by atoms with Crippen molar-refractivity contribution in [3.05, 3.63) is 73.5 Å². The molecule has 4 N–H and O–H groups in total. The highest BCUT2D eigenvalue weighted by Gasteiger charge is 2.27. The second kappa shape index (κ2) is 9.91. The Kier molecular flexibility index (Phi) is 6.65. The predicted molar refractivity (Wildman–Crippen MR) is 146 cm³/mol. The number of fused-ring (bicyclic) bond motifs is 2. The standard InChI is InChI=1S/C26H25N5O4S2/c1-13-18-24(37-20(13)23(34)29-15-8-4-3-5-9-15)28-12-31(26(18)35)14(2)22(33)30-25-19(21(27)32)16-10-6-7-11-17(16)36-25/h3-5,8-9,12,14H,6-7,10-11H2,1-2H3,(H2,27,32)(H,29,34)(H,30,33). The predicted octanol–water partition coefficient (Wildman–Crippen LogP) is 4.26. The number of nitrogens with zero attached hydrogens (tertiary/aromatic N) is 2. The van der Waals surface area contributed by atoms with E-state index in [4.69, 9.17) is 5.73 Å². The largest absolute Gasteiger partial charge is 0.365 e. The summed E-state index contributed by atoms with van der Waals surface area (Å²) in [7, 11) is 0. The van der Waals surface area contributed by atoms with Gasteiger partial charge in [-0.2, -0.15) is 0 Å². The van der Waals surface area contributed by atoms with Crippen LogP contribution in [0.5, 0.6) is 0 Å². The highest BCUT2D eigenvalue weighted by molar-refractivity contribution is 7.20. The van der Waals surface area contributed by atoms with Crippen LogP contribution in [0, 0.1) is 6.92 Å². The van der Waals surface area contributed by atoms with Crippen molar-refractivity contribution in [1.29, 1.82) is 0 Å². The molecule has 0 bridgehead atoms. The van der Waals surface area contributed by atoms with Crippen molar-refractivity contribution >= 4 is 61.3 Å². The number of aromatic nitrogens is 2. The van der Waals surface area contributed by atoms with Gasteiger partial charge in [0.05, 0.1) is 22.2 Å². The van der Waals surface area contributed by atoms with Crippen molar-refractivity contribution in [2.45, 2.75) is 45.6 Å². The summed E-state index contributed by atoms with van der Waals surface area (Å²) in [6.07, 6.45) is 4.93. The molecule has 9 nitrogen and oxygen atoms in total. The summed E-state index contributed by atoms with van der Waals surface area (Å²) in [5.41, 5.74) is 7.66. The van der Waals surface area contributed by atoms with E-state index in [-0.39, 0.29) is 5.91 Å². The first-order valence-electron chi connectivity index (χ1n) is 11.9. The Hall–Kier alpha value is -3.83. The number of nitrogens with two attached hydrogens (primary N) is 1. The second-order valence-corrected chi connectivity index (χ2v) is 11.1. The van der Waals surface area contributed by atoms with E-state index < -0.39 is 23.4 Å². The van der Waals surface area contributed by atoms with Crippen LogP contribution in [0.15, 0.2) is 41.5 Å². The first-order chi connectivity index (χ1) is 17.8. The Morgan fingerprint density at radius 2 is 1.81 bits per heavy atom. The number of rotatable bonds is 6. The lowest BCUT2D eigenvalue weighted by Gasteiger charge is -2.15. The number of primary amides is 1. The van der Waals surface area contributed by atoms with Gasteiger partial charge in [0.2, 0.25) is 5.91 Å². The topological polar surface area (TPSA) is 136 Å². The molecule has 0 aliphatic heterocycles. The molecule has 1 aliphatic rings. The Morgan fingerprint density at radius 1 is 1.08 bits per heavy atom. The van der Waals surface area contributed by atoms with E-state index in [1.54, 1.807) is 26.0 Å². The Balaban J connectivity index is 1.43. The number of anilines is 2. The van der Waals surface area contributed by atoms with Crippen LogP contribution in [0.3, 0.4) is 0 Å². The number of hydrogen-bond acceptors (Lipinski definition) is 7. The van der Waals surface area contributed by atoms with Gasteiger partial charge in [0.15, 0.2) is 0 Å². The summed E-state index contributed by atoms with van der Waals surface area (Å²) in [4.78, 5) is 57.9. The Labute approximate surface area is 220 Å². The van der Waals surface area contributed by atoms with Gasteiger partial charge >= 0.3 is 0 Å². The fourth-order valence-corrected chi connectivity index (χ4v) is 6.93. The van der Waals surface area contributed by atoms with E-state index in [0.29, 0.717) is 36.9 Å². The monoisotopic (exact) mass is 535 g/mol. The summed E-state index contributed by atoms with van der Waals surface area (Å²) in [5.74, 6) is -1.36. The average Bonchev–Trinajstić information content (AvgIpc) is 3.42. The van der Waals surface area contributed by atoms with Gasteiger partial charge in [0, 0.05) is 10.6 Å². The summed E-state index contributed by atoms with van der Waals surface area (Å²) in [6, 6.07) is 8.13. The van der Waals surface area contributed by atoms with Gasteiger partial charge in [-0.15, -0.1) is 22.7 Å². The number of nitrogens with one attached hydrogen (secondary N) is 2. The lowest BCUT2D eigenvalue weighted by molar-refractivity contribution is -0.118. The number of hydrogen-bond donors (Lipinski definition) is 3. The fraction of sp³-hybridized carbons (Fsp3) is 0.269. The molecule has 190 valence electrons. The van der Waals surface area contributed by atoms with E-state index in [0.717, 1.165) is 47.5 Å². The van der Waals surface area contributed by atoms with Crippen LogP contribution in [-0.4, -0.2) is 27.3 Å². The highest BCUT2D eigenvalue weighted by Crippen LogP contribution is 2.38. The number of benzene rings is 1. The van der Waals surface area contributed by atoms with Crippen LogP contribution in [0.4, 0.5) is 10.7 Å². The zero-order valence-electron chi connectivity index (χ0n) is 20.3. The third kappa shape index (κ3) is 4.56. The van der Waals surface area contributed by atoms with Gasteiger partial charge in [0.1, 0.15) is 15.9 Å². The molecule has 1 aliphatic carbocycles. The molecule has 4 aromatic rings. The summed E-state index contributed by atoms with van der Waals surface area (Å²) in [5, 5.41) is 6.37. The first kappa shape index (κ1) is 24.8. The van der Waals surface area contributed by atoms with Crippen LogP contribution in [0.25, 0.3) is 10.2 Å². The van der Waals surface area contributed by atoms with Crippen LogP contribution < -0.4 is 21.9 Å². The number of carbonyl (C=O) groups is 3. The molecule has 0 fully saturated rings. The lowest BCUT2D eigenvalue weighted by Crippen LogP contribution is -2.32. The molecular weight excluding hydrogens is 510 g/mol. The highest BCUT2D eigenvalue weighted by atomic mass is 32.1. The number of aryl methyl sites for hydroxylation is 2. The maximum Gasteiger partial charge on any atom is 0.266 e. The average molecular weight is 536 g/mol. The molecule has 1 unspecified atom stereocenters. The number of para-hydroxylation sites is 1. The van der Waals surface area contributed by atoms with Gasteiger partial charge in [-0.25, -0.2) is 4.98 Å². The minimum absolute atomic E-state index is 0.301. The van der Waals surface area contributed by atoms with E-state index in [2.05, 4.69) is 15.6 Å². The molecule has 3 aromatic heterocycles. The minimum atomic E-state index is -0.912. The van der Waals surface area contributed by atoms with Crippen molar-refractivity contribution in [2.24, 2.45) is 5.73 Å². The molecule has 37 heavy (non-hydrogen) atoms. The fourth-order valence-electron chi connectivity index (χ4n) is 4.60. The van der Waals surface area contributed by atoms with E-state index in [9.17, 15) is 19.2 Å². The number of carbonyl (C=O) groups excluding carboxylic acids is 3. The zero-order chi connectivity index (χ0) is 26.3. The number of amides is 3. The van der Waals surface area contributed by atoms with Crippen molar-refractivity contribution in [1.82, 2.24) is 9.55 Å². The minimum Gasteiger partial charge on any atom is -0.365 e. The molecule has 0 saturated carbocycles. The van der Waals surface area contributed by atoms with E-state index >= 15 is 0 Å². The lowest BCUT2D eigenvalue weighted by atomic mass is 9.95.